The number of carboxylic acids is 1. The van der Waals surface area contributed by atoms with Gasteiger partial charge in [0.1, 0.15) is 6.04 Å². The van der Waals surface area contributed by atoms with E-state index in [1.165, 1.54) is 10.6 Å². The van der Waals surface area contributed by atoms with Crippen LogP contribution >= 0.6 is 0 Å². The Balaban J connectivity index is 2.54. The van der Waals surface area contributed by atoms with Crippen molar-refractivity contribution in [3.8, 4) is 0 Å². The molecule has 8 heteroatoms. The lowest BCUT2D eigenvalue weighted by molar-refractivity contribution is -0.142. The van der Waals surface area contributed by atoms with Gasteiger partial charge in [-0.05, 0) is 25.0 Å². The Hall–Kier alpha value is -2.64. The first-order chi connectivity index (χ1) is 10.3. The number of rotatable bonds is 8. The van der Waals surface area contributed by atoms with Crippen LogP contribution in [0, 0.1) is 6.92 Å². The Morgan fingerprint density at radius 2 is 2.05 bits per heavy atom. The number of pyridine rings is 1. The number of nitrogens with two attached hydrogens (primary N) is 1. The van der Waals surface area contributed by atoms with E-state index in [0.717, 1.165) is 5.56 Å². The number of carbonyl (C=O) groups excluding carboxylic acids is 2. The molecule has 0 aliphatic carbocycles. The lowest BCUT2D eigenvalue weighted by Crippen LogP contribution is -2.41. The zero-order chi connectivity index (χ0) is 16.7. The topological polar surface area (TPSA) is 131 Å². The molecule has 1 atom stereocenters. The third-order valence-electron chi connectivity index (χ3n) is 3.04. The minimum Gasteiger partial charge on any atom is -0.480 e. The van der Waals surface area contributed by atoms with Crippen LogP contribution in [-0.2, 0) is 20.9 Å². The molecule has 1 rings (SSSR count). The molecular formula is C14H19N3O5. The molecule has 0 fully saturated rings. The summed E-state index contributed by atoms with van der Waals surface area (Å²) in [6.45, 7) is 1.93. The maximum Gasteiger partial charge on any atom is 0.326 e. The van der Waals surface area contributed by atoms with Gasteiger partial charge >= 0.3 is 5.97 Å². The number of nitrogens with zero attached hydrogens (tertiary/aromatic N) is 1. The molecule has 1 heterocycles. The van der Waals surface area contributed by atoms with Crippen molar-refractivity contribution in [3.63, 3.8) is 0 Å². The zero-order valence-corrected chi connectivity index (χ0v) is 12.2. The number of primary amides is 1. The number of carbonyl (C=O) groups is 3. The van der Waals surface area contributed by atoms with Gasteiger partial charge in [0.05, 0.1) is 0 Å². The molecule has 1 aromatic heterocycles. The quantitative estimate of drug-likeness (QED) is 0.589. The van der Waals surface area contributed by atoms with E-state index >= 15 is 0 Å². The maximum absolute atomic E-state index is 11.7. The summed E-state index contributed by atoms with van der Waals surface area (Å²) in [4.78, 5) is 45.1. The number of amides is 2. The minimum absolute atomic E-state index is 0.0384. The fourth-order valence-corrected chi connectivity index (χ4v) is 1.82. The van der Waals surface area contributed by atoms with E-state index in [-0.39, 0.29) is 31.4 Å². The van der Waals surface area contributed by atoms with Gasteiger partial charge in [-0.25, -0.2) is 4.79 Å². The molecule has 1 aromatic rings. The summed E-state index contributed by atoms with van der Waals surface area (Å²) in [6, 6.07) is 2.02. The largest absolute Gasteiger partial charge is 0.480 e. The zero-order valence-electron chi connectivity index (χ0n) is 12.2. The normalized spacial score (nSPS) is 11.7. The molecule has 2 amide bonds. The number of aryl methyl sites for hydroxylation is 2. The fraction of sp³-hybridized carbons (Fsp3) is 0.429. The van der Waals surface area contributed by atoms with Crippen LogP contribution in [0.25, 0.3) is 0 Å². The van der Waals surface area contributed by atoms with E-state index < -0.39 is 23.8 Å². The summed E-state index contributed by atoms with van der Waals surface area (Å²) in [7, 11) is 0. The highest BCUT2D eigenvalue weighted by atomic mass is 16.4. The van der Waals surface area contributed by atoms with Crippen molar-refractivity contribution in [2.75, 3.05) is 0 Å². The van der Waals surface area contributed by atoms with Gasteiger partial charge in [0.15, 0.2) is 0 Å². The Bertz CT molecular complexity index is 623. The molecule has 4 N–H and O–H groups in total. The first kappa shape index (κ1) is 17.4. The van der Waals surface area contributed by atoms with E-state index in [0.29, 0.717) is 0 Å². The highest BCUT2D eigenvalue weighted by molar-refractivity contribution is 5.84. The van der Waals surface area contributed by atoms with Crippen molar-refractivity contribution in [1.29, 1.82) is 0 Å². The van der Waals surface area contributed by atoms with Gasteiger partial charge in [0.25, 0.3) is 5.56 Å². The van der Waals surface area contributed by atoms with Gasteiger partial charge in [-0.3, -0.25) is 14.4 Å². The second-order valence-electron chi connectivity index (χ2n) is 4.95. The van der Waals surface area contributed by atoms with Gasteiger partial charge < -0.3 is 20.7 Å². The average Bonchev–Trinajstić information content (AvgIpc) is 2.41. The Morgan fingerprint density at radius 1 is 1.36 bits per heavy atom. The number of nitrogens with one attached hydrogen (secondary N) is 1. The summed E-state index contributed by atoms with van der Waals surface area (Å²) in [5.74, 6) is -2.38. The average molecular weight is 309 g/mol. The lowest BCUT2D eigenvalue weighted by Gasteiger charge is -2.14. The highest BCUT2D eigenvalue weighted by Gasteiger charge is 2.20. The van der Waals surface area contributed by atoms with Gasteiger partial charge in [-0.15, -0.1) is 0 Å². The van der Waals surface area contributed by atoms with Crippen LogP contribution in [0.1, 0.15) is 24.8 Å². The molecule has 0 bridgehead atoms. The molecule has 1 unspecified atom stereocenters. The molecular weight excluding hydrogens is 290 g/mol. The van der Waals surface area contributed by atoms with Gasteiger partial charge in [-0.2, -0.15) is 0 Å². The first-order valence-corrected chi connectivity index (χ1v) is 6.77. The molecule has 0 spiro atoms. The third-order valence-corrected chi connectivity index (χ3v) is 3.04. The molecule has 0 radical (unpaired) electrons. The summed E-state index contributed by atoms with van der Waals surface area (Å²) >= 11 is 0. The molecule has 0 aromatic carbocycles. The van der Waals surface area contributed by atoms with Crippen LogP contribution in [0.4, 0.5) is 0 Å². The molecule has 0 aliphatic heterocycles. The molecule has 0 aliphatic rings. The number of aromatic nitrogens is 1. The predicted octanol–water partition coefficient (Wildman–Crippen LogP) is -0.618. The first-order valence-electron chi connectivity index (χ1n) is 6.77. The smallest absolute Gasteiger partial charge is 0.326 e. The molecule has 22 heavy (non-hydrogen) atoms. The van der Waals surface area contributed by atoms with E-state index in [9.17, 15) is 19.2 Å². The second kappa shape index (κ2) is 7.96. The van der Waals surface area contributed by atoms with Crippen LogP contribution in [0.15, 0.2) is 23.1 Å². The monoisotopic (exact) mass is 309 g/mol. The van der Waals surface area contributed by atoms with Crippen molar-refractivity contribution in [2.45, 2.75) is 38.8 Å². The fourth-order valence-electron chi connectivity index (χ4n) is 1.82. The predicted molar refractivity (Wildman–Crippen MR) is 78.1 cm³/mol. The van der Waals surface area contributed by atoms with E-state index in [1.807, 2.05) is 0 Å². The van der Waals surface area contributed by atoms with Gasteiger partial charge in [0.2, 0.25) is 11.8 Å². The van der Waals surface area contributed by atoms with E-state index in [1.54, 1.807) is 19.2 Å². The summed E-state index contributed by atoms with van der Waals surface area (Å²) in [5.41, 5.74) is 5.55. The molecule has 120 valence electrons. The van der Waals surface area contributed by atoms with Crippen LogP contribution in [0.2, 0.25) is 0 Å². The van der Waals surface area contributed by atoms with Crippen LogP contribution < -0.4 is 16.6 Å². The van der Waals surface area contributed by atoms with Crippen LogP contribution in [-0.4, -0.2) is 33.5 Å². The SMILES string of the molecule is Cc1ccn(CCC(=O)NC(CCC(N)=O)C(=O)O)c(=O)c1. The van der Waals surface area contributed by atoms with Crippen molar-refractivity contribution in [2.24, 2.45) is 5.73 Å². The second-order valence-corrected chi connectivity index (χ2v) is 4.95. The van der Waals surface area contributed by atoms with Crippen LogP contribution in [0.3, 0.4) is 0 Å². The van der Waals surface area contributed by atoms with Gasteiger partial charge in [0, 0.05) is 31.6 Å². The maximum atomic E-state index is 11.7. The Morgan fingerprint density at radius 3 is 2.59 bits per heavy atom. The van der Waals surface area contributed by atoms with E-state index in [4.69, 9.17) is 10.8 Å². The van der Waals surface area contributed by atoms with Crippen molar-refractivity contribution in [3.05, 3.63) is 34.2 Å². The van der Waals surface area contributed by atoms with Crippen molar-refractivity contribution >= 4 is 17.8 Å². The summed E-state index contributed by atoms with van der Waals surface area (Å²) in [5, 5.41) is 11.3. The number of carboxylic acid groups (broad SMARTS) is 1. The Labute approximate surface area is 126 Å². The highest BCUT2D eigenvalue weighted by Crippen LogP contribution is 1.99. The molecule has 0 saturated carbocycles. The number of aliphatic carboxylic acids is 1. The van der Waals surface area contributed by atoms with Gasteiger partial charge in [-0.1, -0.05) is 0 Å². The van der Waals surface area contributed by atoms with Crippen LogP contribution in [0.5, 0.6) is 0 Å². The van der Waals surface area contributed by atoms with Crippen molar-refractivity contribution < 1.29 is 19.5 Å². The standard InChI is InChI=1S/C14H19N3O5/c1-9-4-6-17(13(20)8-9)7-5-12(19)16-10(14(21)22)2-3-11(15)18/h4,6,8,10H,2-3,5,7H2,1H3,(H2,15,18)(H,16,19)(H,21,22). The Kier molecular flexibility index (Phi) is 6.30. The van der Waals surface area contributed by atoms with Crippen molar-refractivity contribution in [1.82, 2.24) is 9.88 Å². The molecule has 0 saturated heterocycles. The lowest BCUT2D eigenvalue weighted by atomic mass is 10.1. The third kappa shape index (κ3) is 5.78. The number of hydrogen-bond acceptors (Lipinski definition) is 4. The van der Waals surface area contributed by atoms with E-state index in [2.05, 4.69) is 5.32 Å². The molecule has 8 nitrogen and oxygen atoms in total. The summed E-state index contributed by atoms with van der Waals surface area (Å²) in [6.07, 6.45) is 1.34. The summed E-state index contributed by atoms with van der Waals surface area (Å²) < 4.78 is 1.37. The number of hydrogen-bond donors (Lipinski definition) is 3. The minimum atomic E-state index is -1.23.